The third kappa shape index (κ3) is 5.42. The first-order valence-corrected chi connectivity index (χ1v) is 9.85. The van der Waals surface area contributed by atoms with Crippen molar-refractivity contribution in [3.8, 4) is 0 Å². The van der Waals surface area contributed by atoms with Crippen molar-refractivity contribution in [2.75, 3.05) is 25.5 Å². The Morgan fingerprint density at radius 2 is 1.69 bits per heavy atom. The fourth-order valence-electron chi connectivity index (χ4n) is 3.35. The lowest BCUT2D eigenvalue weighted by atomic mass is 10.00. The summed E-state index contributed by atoms with van der Waals surface area (Å²) in [5.74, 6) is -0.275. The highest BCUT2D eigenvalue weighted by atomic mass is 16.2. The summed E-state index contributed by atoms with van der Waals surface area (Å²) >= 11 is 0. The van der Waals surface area contributed by atoms with Gasteiger partial charge in [-0.3, -0.25) is 9.59 Å². The minimum absolute atomic E-state index is 0.0310. The van der Waals surface area contributed by atoms with Crippen LogP contribution in [0.3, 0.4) is 0 Å². The van der Waals surface area contributed by atoms with E-state index in [1.807, 2.05) is 54.7 Å². The van der Waals surface area contributed by atoms with Crippen molar-refractivity contribution in [2.24, 2.45) is 0 Å². The fourth-order valence-corrected chi connectivity index (χ4v) is 3.35. The van der Waals surface area contributed by atoms with Gasteiger partial charge in [0, 0.05) is 18.3 Å². The summed E-state index contributed by atoms with van der Waals surface area (Å²) in [6, 6.07) is 22.2. The number of fused-ring (bicyclic) bond motifs is 1. The zero-order valence-electron chi connectivity index (χ0n) is 17.2. The number of hydrogen-bond acceptors (Lipinski definition) is 2. The number of aryl methyl sites for hydroxylation is 1. The van der Waals surface area contributed by atoms with Crippen LogP contribution in [0, 0.1) is 6.92 Å². The van der Waals surface area contributed by atoms with Crippen molar-refractivity contribution in [3.63, 3.8) is 0 Å². The average molecular weight is 391 g/mol. The van der Waals surface area contributed by atoms with Gasteiger partial charge in [0.2, 0.25) is 5.91 Å². The summed E-state index contributed by atoms with van der Waals surface area (Å²) < 4.78 is 0. The predicted octanol–water partition coefficient (Wildman–Crippen LogP) is 2.87. The molecule has 3 rings (SSSR count). The van der Waals surface area contributed by atoms with Gasteiger partial charge in [-0.2, -0.15) is 0 Å². The van der Waals surface area contributed by atoms with Crippen molar-refractivity contribution in [2.45, 2.75) is 19.9 Å². The summed E-state index contributed by atoms with van der Waals surface area (Å²) in [5.41, 5.74) is 3.07. The maximum atomic E-state index is 12.5. The Labute approximate surface area is 171 Å². The second-order valence-electron chi connectivity index (χ2n) is 7.46. The van der Waals surface area contributed by atoms with Gasteiger partial charge in [-0.1, -0.05) is 60.2 Å². The number of likely N-dealkylation sites (N-methyl/N-ethyl adjacent to an activating group) is 1. The molecule has 150 valence electrons. The van der Waals surface area contributed by atoms with E-state index in [1.54, 1.807) is 7.05 Å². The smallest absolute Gasteiger partial charge is 0.277 e. The molecule has 0 aliphatic carbocycles. The second kappa shape index (κ2) is 9.34. The lowest BCUT2D eigenvalue weighted by molar-refractivity contribution is -0.682. The highest BCUT2D eigenvalue weighted by molar-refractivity contribution is 5.94. The molecule has 0 saturated heterocycles. The highest BCUT2D eigenvalue weighted by Crippen LogP contribution is 2.22. The summed E-state index contributed by atoms with van der Waals surface area (Å²) in [4.78, 5) is 26.2. The normalized spacial score (nSPS) is 11.8. The van der Waals surface area contributed by atoms with Crippen LogP contribution >= 0.6 is 0 Å². The number of rotatable bonds is 7. The Bertz CT molecular complexity index is 993. The molecule has 2 amide bonds. The van der Waals surface area contributed by atoms with E-state index in [9.17, 15) is 9.59 Å². The molecule has 0 aliphatic heterocycles. The summed E-state index contributed by atoms with van der Waals surface area (Å²) in [5, 5.41) is 7.24. The fraction of sp³-hybridized carbons (Fsp3) is 0.250. The maximum absolute atomic E-state index is 12.5. The first-order chi connectivity index (χ1) is 13.9. The molecule has 3 N–H and O–H groups in total. The zero-order chi connectivity index (χ0) is 20.8. The van der Waals surface area contributed by atoms with Gasteiger partial charge in [0.1, 0.15) is 6.04 Å². The topological polar surface area (TPSA) is 66.0 Å². The number of benzene rings is 3. The second-order valence-corrected chi connectivity index (χ2v) is 7.46. The zero-order valence-corrected chi connectivity index (χ0v) is 17.2. The van der Waals surface area contributed by atoms with Crippen LogP contribution < -0.4 is 10.6 Å². The Morgan fingerprint density at radius 3 is 2.45 bits per heavy atom. The van der Waals surface area contributed by atoms with E-state index < -0.39 is 0 Å². The molecule has 0 unspecified atom stereocenters. The molecule has 0 heterocycles. The molecule has 5 heteroatoms. The number of anilines is 1. The molecule has 3 aromatic rings. The average Bonchev–Trinajstić information content (AvgIpc) is 2.72. The lowest BCUT2D eigenvalue weighted by Gasteiger charge is -2.18. The van der Waals surface area contributed by atoms with Crippen molar-refractivity contribution in [1.82, 2.24) is 4.90 Å². The molecular formula is C24H28N3O2+. The van der Waals surface area contributed by atoms with Crippen LogP contribution in [0.2, 0.25) is 0 Å². The quantitative estimate of drug-likeness (QED) is 0.651. The SMILES string of the molecule is Cc1ccc(NC(=O)CN(C)C(=O)C[NH2+][C@H](C)c2cccc3ccccc23)cc1. The Kier molecular flexibility index (Phi) is 6.62. The molecule has 29 heavy (non-hydrogen) atoms. The minimum atomic E-state index is -0.202. The first kappa shape index (κ1) is 20.6. The highest BCUT2D eigenvalue weighted by Gasteiger charge is 2.18. The van der Waals surface area contributed by atoms with E-state index >= 15 is 0 Å². The van der Waals surface area contributed by atoms with E-state index in [4.69, 9.17) is 0 Å². The molecule has 0 aromatic heterocycles. The molecular weight excluding hydrogens is 362 g/mol. The first-order valence-electron chi connectivity index (χ1n) is 9.85. The van der Waals surface area contributed by atoms with Gasteiger partial charge in [-0.05, 0) is 36.8 Å². The minimum Gasteiger partial charge on any atom is -0.332 e. The number of nitrogens with two attached hydrogens (primary N) is 1. The number of carbonyl (C=O) groups is 2. The molecule has 3 aromatic carbocycles. The summed E-state index contributed by atoms with van der Waals surface area (Å²) in [7, 11) is 1.66. The van der Waals surface area contributed by atoms with Crippen molar-refractivity contribution >= 4 is 28.3 Å². The van der Waals surface area contributed by atoms with Crippen molar-refractivity contribution < 1.29 is 14.9 Å². The van der Waals surface area contributed by atoms with Gasteiger partial charge in [-0.25, -0.2) is 0 Å². The van der Waals surface area contributed by atoms with Gasteiger partial charge in [0.05, 0.1) is 6.54 Å². The van der Waals surface area contributed by atoms with Gasteiger partial charge in [-0.15, -0.1) is 0 Å². The van der Waals surface area contributed by atoms with E-state index in [1.165, 1.54) is 21.2 Å². The molecule has 0 bridgehead atoms. The van der Waals surface area contributed by atoms with Crippen LogP contribution in [-0.2, 0) is 9.59 Å². The van der Waals surface area contributed by atoms with E-state index in [0.717, 1.165) is 11.3 Å². The number of quaternary nitrogens is 1. The van der Waals surface area contributed by atoms with Gasteiger partial charge < -0.3 is 15.5 Å². The Morgan fingerprint density at radius 1 is 1.00 bits per heavy atom. The number of carbonyl (C=O) groups excluding carboxylic acids is 2. The third-order valence-electron chi connectivity index (χ3n) is 5.10. The lowest BCUT2D eigenvalue weighted by Crippen LogP contribution is -2.87. The molecule has 0 spiro atoms. The molecule has 0 saturated carbocycles. The third-order valence-corrected chi connectivity index (χ3v) is 5.10. The summed E-state index contributed by atoms with van der Waals surface area (Å²) in [6.45, 7) is 4.41. The number of hydrogen-bond donors (Lipinski definition) is 2. The van der Waals surface area contributed by atoms with Crippen LogP contribution in [0.15, 0.2) is 66.7 Å². The van der Waals surface area contributed by atoms with Crippen LogP contribution in [-0.4, -0.2) is 36.9 Å². The van der Waals surface area contributed by atoms with Gasteiger partial charge >= 0.3 is 0 Å². The van der Waals surface area contributed by atoms with Gasteiger partial charge in [0.25, 0.3) is 5.91 Å². The molecule has 0 aliphatic rings. The standard InChI is InChI=1S/C24H27N3O2/c1-17-11-13-20(14-12-17)26-23(28)16-27(3)24(29)15-25-18(2)21-10-6-8-19-7-4-5-9-22(19)21/h4-14,18,25H,15-16H2,1-3H3,(H,26,28)/p+1/t18-/m1/s1. The molecule has 1 atom stereocenters. The van der Waals surface area contributed by atoms with Crippen LogP contribution in [0.5, 0.6) is 0 Å². The van der Waals surface area contributed by atoms with Crippen LogP contribution in [0.4, 0.5) is 5.69 Å². The van der Waals surface area contributed by atoms with Crippen LogP contribution in [0.25, 0.3) is 10.8 Å². The van der Waals surface area contributed by atoms with E-state index in [-0.39, 0.29) is 24.4 Å². The monoisotopic (exact) mass is 390 g/mol. The number of nitrogens with zero attached hydrogens (tertiary/aromatic N) is 1. The molecule has 0 radical (unpaired) electrons. The van der Waals surface area contributed by atoms with Gasteiger partial charge in [0.15, 0.2) is 6.54 Å². The summed E-state index contributed by atoms with van der Waals surface area (Å²) in [6.07, 6.45) is 0. The van der Waals surface area contributed by atoms with E-state index in [2.05, 4.69) is 36.5 Å². The molecule has 0 fully saturated rings. The number of nitrogens with one attached hydrogen (secondary N) is 1. The largest absolute Gasteiger partial charge is 0.332 e. The molecule has 5 nitrogen and oxygen atoms in total. The van der Waals surface area contributed by atoms with Crippen LogP contribution in [0.1, 0.15) is 24.1 Å². The predicted molar refractivity (Wildman–Crippen MR) is 117 cm³/mol. The van der Waals surface area contributed by atoms with Crippen molar-refractivity contribution in [1.29, 1.82) is 0 Å². The number of amides is 2. The Hall–Kier alpha value is -3.18. The van der Waals surface area contributed by atoms with E-state index in [0.29, 0.717) is 6.54 Å². The maximum Gasteiger partial charge on any atom is 0.277 e. The van der Waals surface area contributed by atoms with Crippen molar-refractivity contribution in [3.05, 3.63) is 77.9 Å². The Balaban J connectivity index is 1.52.